The van der Waals surface area contributed by atoms with Crippen LogP contribution >= 0.6 is 22.6 Å². The molecule has 0 aliphatic heterocycles. The van der Waals surface area contributed by atoms with E-state index >= 15 is 0 Å². The van der Waals surface area contributed by atoms with E-state index in [0.29, 0.717) is 12.3 Å². The third-order valence-electron chi connectivity index (χ3n) is 4.61. The van der Waals surface area contributed by atoms with Crippen LogP contribution in [0.5, 0.6) is 0 Å². The minimum atomic E-state index is -3.43. The van der Waals surface area contributed by atoms with Gasteiger partial charge in [0.25, 0.3) is 0 Å². The standard InChI is InChI=1S/C14H16INO3S/c1-20(18,19)14(15)11-6-9-4-2-3-8(9)5-10(11)7-12(14)13(16)17/h2-4,6,8,10,12H,5,7H2,1H3,(H2,16,17). The highest BCUT2D eigenvalue weighted by molar-refractivity contribution is 14.1. The maximum Gasteiger partial charge on any atom is 0.223 e. The Kier molecular flexibility index (Phi) is 3.17. The average Bonchev–Trinajstić information content (AvgIpc) is 2.89. The number of rotatable bonds is 2. The summed E-state index contributed by atoms with van der Waals surface area (Å²) >= 11 is 1.93. The first-order valence-electron chi connectivity index (χ1n) is 6.53. The van der Waals surface area contributed by atoms with Gasteiger partial charge in [0.05, 0.1) is 5.92 Å². The van der Waals surface area contributed by atoms with Gasteiger partial charge < -0.3 is 5.73 Å². The molecule has 0 radical (unpaired) electrons. The van der Waals surface area contributed by atoms with Crippen molar-refractivity contribution in [2.75, 3.05) is 6.26 Å². The zero-order valence-electron chi connectivity index (χ0n) is 11.0. The third-order valence-corrected chi connectivity index (χ3v) is 9.98. The average molecular weight is 405 g/mol. The molecule has 3 aliphatic rings. The van der Waals surface area contributed by atoms with Gasteiger partial charge in [-0.2, -0.15) is 0 Å². The van der Waals surface area contributed by atoms with Crippen LogP contribution in [-0.4, -0.2) is 23.3 Å². The molecule has 1 saturated carbocycles. The van der Waals surface area contributed by atoms with Crippen LogP contribution in [0.2, 0.25) is 0 Å². The number of carbonyl (C=O) groups is 1. The summed E-state index contributed by atoms with van der Waals surface area (Å²) in [5.74, 6) is -0.674. The molecule has 3 rings (SSSR count). The molecule has 0 saturated heterocycles. The van der Waals surface area contributed by atoms with Gasteiger partial charge in [0, 0.05) is 12.2 Å². The van der Waals surface area contributed by atoms with E-state index in [4.69, 9.17) is 5.73 Å². The third kappa shape index (κ3) is 1.83. The van der Waals surface area contributed by atoms with Crippen LogP contribution < -0.4 is 5.73 Å². The monoisotopic (exact) mass is 405 g/mol. The van der Waals surface area contributed by atoms with Crippen molar-refractivity contribution in [1.29, 1.82) is 0 Å². The lowest BCUT2D eigenvalue weighted by Gasteiger charge is -2.31. The van der Waals surface area contributed by atoms with Crippen molar-refractivity contribution in [2.24, 2.45) is 23.5 Å². The van der Waals surface area contributed by atoms with Gasteiger partial charge in [0.1, 0.15) is 0 Å². The molecule has 0 aromatic rings. The highest BCUT2D eigenvalue weighted by Gasteiger charge is 2.59. The summed E-state index contributed by atoms with van der Waals surface area (Å²) in [4.78, 5) is 11.8. The Labute approximate surface area is 132 Å². The first-order valence-corrected chi connectivity index (χ1v) is 9.50. The molecule has 2 N–H and O–H groups in total. The summed E-state index contributed by atoms with van der Waals surface area (Å²) < 4.78 is 23.5. The number of primary amides is 1. The predicted molar refractivity (Wildman–Crippen MR) is 85.8 cm³/mol. The van der Waals surface area contributed by atoms with Gasteiger partial charge in [-0.15, -0.1) is 0 Å². The molecule has 1 fully saturated rings. The highest BCUT2D eigenvalue weighted by atomic mass is 127. The number of hydrogen-bond donors (Lipinski definition) is 1. The zero-order chi connectivity index (χ0) is 14.7. The molecule has 0 spiro atoms. The van der Waals surface area contributed by atoms with Gasteiger partial charge in [-0.05, 0) is 29.9 Å². The van der Waals surface area contributed by atoms with E-state index < -0.39 is 24.4 Å². The van der Waals surface area contributed by atoms with Gasteiger partial charge in [0.15, 0.2) is 12.6 Å². The van der Waals surface area contributed by atoms with Gasteiger partial charge in [-0.1, -0.05) is 46.9 Å². The molecule has 4 unspecified atom stereocenters. The molecular formula is C14H16INO3S. The highest BCUT2D eigenvalue weighted by Crippen LogP contribution is 2.57. The van der Waals surface area contributed by atoms with Crippen LogP contribution in [0.25, 0.3) is 0 Å². The van der Waals surface area contributed by atoms with Crippen LogP contribution in [0.1, 0.15) is 12.8 Å². The van der Waals surface area contributed by atoms with Gasteiger partial charge >= 0.3 is 0 Å². The first kappa shape index (κ1) is 14.3. The smallest absolute Gasteiger partial charge is 0.223 e. The van der Waals surface area contributed by atoms with E-state index in [1.807, 2.05) is 40.8 Å². The second-order valence-electron chi connectivity index (χ2n) is 5.80. The van der Waals surface area contributed by atoms with Gasteiger partial charge in [0.2, 0.25) is 5.91 Å². The Morgan fingerprint density at radius 2 is 2.15 bits per heavy atom. The minimum Gasteiger partial charge on any atom is -0.369 e. The molecule has 4 nitrogen and oxygen atoms in total. The minimum absolute atomic E-state index is 0.129. The maximum atomic E-state index is 12.3. The van der Waals surface area contributed by atoms with E-state index in [2.05, 4.69) is 6.08 Å². The fourth-order valence-corrected chi connectivity index (χ4v) is 6.19. The number of nitrogens with two attached hydrogens (primary N) is 1. The number of hydrogen-bond acceptors (Lipinski definition) is 3. The van der Waals surface area contributed by atoms with Crippen molar-refractivity contribution >= 4 is 38.3 Å². The molecule has 1 amide bonds. The topological polar surface area (TPSA) is 77.2 Å². The second-order valence-corrected chi connectivity index (χ2v) is 10.4. The van der Waals surface area contributed by atoms with Crippen molar-refractivity contribution in [3.63, 3.8) is 0 Å². The maximum absolute atomic E-state index is 12.3. The normalized spacial score (nSPS) is 39.0. The van der Waals surface area contributed by atoms with E-state index in [1.54, 1.807) is 0 Å². The zero-order valence-corrected chi connectivity index (χ0v) is 14.0. The lowest BCUT2D eigenvalue weighted by atomic mass is 9.81. The summed E-state index contributed by atoms with van der Waals surface area (Å²) in [5, 5.41) is 0. The molecule has 6 heteroatoms. The first-order chi connectivity index (χ1) is 9.25. The Hall–Kier alpha value is -0.630. The summed E-state index contributed by atoms with van der Waals surface area (Å²) in [5.41, 5.74) is 7.48. The molecule has 0 aromatic heterocycles. The molecule has 20 heavy (non-hydrogen) atoms. The summed E-state index contributed by atoms with van der Waals surface area (Å²) in [7, 11) is -3.43. The van der Waals surface area contributed by atoms with Crippen LogP contribution in [0.4, 0.5) is 0 Å². The fourth-order valence-electron chi connectivity index (χ4n) is 3.65. The van der Waals surface area contributed by atoms with E-state index in [0.717, 1.165) is 17.6 Å². The van der Waals surface area contributed by atoms with E-state index in [-0.39, 0.29) is 5.92 Å². The van der Waals surface area contributed by atoms with Crippen LogP contribution in [0, 0.1) is 17.8 Å². The molecule has 108 valence electrons. The Balaban J connectivity index is 2.16. The quantitative estimate of drug-likeness (QED) is 0.562. The Morgan fingerprint density at radius 1 is 1.45 bits per heavy atom. The molecule has 0 heterocycles. The Bertz CT molecular complexity index is 677. The molecule has 3 aliphatic carbocycles. The number of sulfone groups is 1. The molecule has 0 bridgehead atoms. The predicted octanol–water partition coefficient (Wildman–Crippen LogP) is 1.73. The van der Waals surface area contributed by atoms with Crippen LogP contribution in [0.15, 0.2) is 35.5 Å². The van der Waals surface area contributed by atoms with Crippen LogP contribution in [-0.2, 0) is 14.6 Å². The number of fused-ring (bicyclic) bond motifs is 2. The molecular weight excluding hydrogens is 389 g/mol. The number of alkyl halides is 1. The van der Waals surface area contributed by atoms with Crippen molar-refractivity contribution < 1.29 is 13.2 Å². The number of carbonyl (C=O) groups excluding carboxylic acids is 1. The van der Waals surface area contributed by atoms with E-state index in [1.165, 1.54) is 6.26 Å². The fraction of sp³-hybridized carbons (Fsp3) is 0.500. The summed E-state index contributed by atoms with van der Waals surface area (Å²) in [6.45, 7) is 0. The molecule has 4 atom stereocenters. The van der Waals surface area contributed by atoms with Crippen molar-refractivity contribution in [1.82, 2.24) is 0 Å². The lowest BCUT2D eigenvalue weighted by molar-refractivity contribution is -0.121. The van der Waals surface area contributed by atoms with Crippen molar-refractivity contribution in [3.8, 4) is 0 Å². The van der Waals surface area contributed by atoms with Gasteiger partial charge in [-0.25, -0.2) is 8.42 Å². The van der Waals surface area contributed by atoms with Crippen molar-refractivity contribution in [3.05, 3.63) is 35.5 Å². The Morgan fingerprint density at radius 3 is 2.75 bits per heavy atom. The second kappa shape index (κ2) is 4.43. The lowest BCUT2D eigenvalue weighted by Crippen LogP contribution is -2.43. The summed E-state index contributed by atoms with van der Waals surface area (Å²) in [6, 6.07) is 0. The summed E-state index contributed by atoms with van der Waals surface area (Å²) in [6.07, 6.45) is 10.8. The number of amides is 1. The largest absolute Gasteiger partial charge is 0.369 e. The van der Waals surface area contributed by atoms with Crippen LogP contribution in [0.3, 0.4) is 0 Å². The molecule has 0 aromatic carbocycles. The van der Waals surface area contributed by atoms with Gasteiger partial charge in [-0.3, -0.25) is 4.79 Å². The number of allylic oxidation sites excluding steroid dienone is 5. The number of halogens is 1. The SMILES string of the molecule is CS(=O)(=O)C1(I)C2=CC3=CC=CC3CC2CC1C(N)=O. The van der Waals surface area contributed by atoms with Crippen molar-refractivity contribution in [2.45, 2.75) is 15.6 Å². The van der Waals surface area contributed by atoms with E-state index in [9.17, 15) is 13.2 Å².